The third kappa shape index (κ3) is 36.0. The van der Waals surface area contributed by atoms with Crippen molar-refractivity contribution in [3.8, 4) is 0 Å². The topological polar surface area (TPSA) is 111 Å². The van der Waals surface area contributed by atoms with Crippen molar-refractivity contribution in [1.82, 2.24) is 5.32 Å². The summed E-state index contributed by atoms with van der Waals surface area (Å²) >= 11 is 0. The monoisotopic (exact) mass is 285 g/mol. The highest BCUT2D eigenvalue weighted by atomic mass is 16.1. The fourth-order valence-corrected chi connectivity index (χ4v) is 1.40. The minimum absolute atomic E-state index is 0.225. The van der Waals surface area contributed by atoms with E-state index in [2.05, 4.69) is 19.2 Å². The third-order valence-electron chi connectivity index (χ3n) is 2.36. The number of carbonyl (C=O) groups is 1. The number of hydrogen-bond donors (Lipinski definition) is 3. The Morgan fingerprint density at radius 2 is 1.45 bits per heavy atom. The van der Waals surface area contributed by atoms with Gasteiger partial charge in [0.15, 0.2) is 0 Å². The van der Waals surface area contributed by atoms with Gasteiger partial charge in [-0.2, -0.15) is 0 Å². The Labute approximate surface area is 121 Å². The number of carbonyl (C=O) groups excluding carboxylic acids is 3. The molecular weight excluding hydrogens is 258 g/mol. The Morgan fingerprint density at radius 1 is 1.00 bits per heavy atom. The van der Waals surface area contributed by atoms with Gasteiger partial charge < -0.3 is 5.32 Å². The molecule has 0 aromatic carbocycles. The first-order chi connectivity index (χ1) is 9.64. The zero-order chi connectivity index (χ0) is 16.1. The van der Waals surface area contributed by atoms with Crippen molar-refractivity contribution in [2.75, 3.05) is 6.54 Å². The van der Waals surface area contributed by atoms with Crippen molar-refractivity contribution >= 4 is 18.1 Å². The van der Waals surface area contributed by atoms with Gasteiger partial charge in [0.25, 0.3) is 0 Å². The summed E-state index contributed by atoms with van der Waals surface area (Å²) in [4.78, 5) is 27.3. The van der Waals surface area contributed by atoms with Crippen molar-refractivity contribution in [2.45, 2.75) is 65.2 Å². The quantitative estimate of drug-likeness (QED) is 0.421. The first-order valence-electron chi connectivity index (χ1n) is 6.98. The molecule has 1 heterocycles. The standard InChI is InChI=1S/C6H11NO.C6H14.2CHNO/c8-6-4-2-1-3-5-7-6;1-3-5-6-4-2;2*2-1-3/h1-5H2,(H,7,8);3-6H2,1-2H3;2*2H. The van der Waals surface area contributed by atoms with E-state index in [1.165, 1.54) is 32.1 Å². The first-order valence-corrected chi connectivity index (χ1v) is 6.98. The molecule has 0 spiro atoms. The van der Waals surface area contributed by atoms with Gasteiger partial charge in [0, 0.05) is 13.0 Å². The van der Waals surface area contributed by atoms with Crippen LogP contribution in [0.2, 0.25) is 0 Å². The normalized spacial score (nSPS) is 12.2. The Balaban J connectivity index is -0.000000214. The van der Waals surface area contributed by atoms with Crippen LogP contribution >= 0.6 is 0 Å². The van der Waals surface area contributed by atoms with Crippen LogP contribution in [0.3, 0.4) is 0 Å². The van der Waals surface area contributed by atoms with Crippen LogP contribution in [0.25, 0.3) is 0 Å². The fraction of sp³-hybridized carbons (Fsp3) is 0.786. The average Bonchev–Trinajstić information content (AvgIpc) is 2.67. The minimum Gasteiger partial charge on any atom is -0.356 e. The van der Waals surface area contributed by atoms with Crippen molar-refractivity contribution in [1.29, 1.82) is 10.8 Å². The zero-order valence-corrected chi connectivity index (χ0v) is 12.6. The molecule has 3 N–H and O–H groups in total. The van der Waals surface area contributed by atoms with Gasteiger partial charge in [-0.1, -0.05) is 46.0 Å². The summed E-state index contributed by atoms with van der Waals surface area (Å²) in [5.74, 6) is 0.225. The zero-order valence-electron chi connectivity index (χ0n) is 12.6. The molecule has 0 unspecified atom stereocenters. The predicted molar refractivity (Wildman–Crippen MR) is 78.1 cm³/mol. The number of rotatable bonds is 3. The van der Waals surface area contributed by atoms with Crippen LogP contribution in [0.1, 0.15) is 65.2 Å². The number of hydrogen-bond acceptors (Lipinski definition) is 5. The minimum atomic E-state index is 0.225. The van der Waals surface area contributed by atoms with E-state index >= 15 is 0 Å². The fourth-order valence-electron chi connectivity index (χ4n) is 1.40. The lowest BCUT2D eigenvalue weighted by molar-refractivity contribution is -0.120. The van der Waals surface area contributed by atoms with E-state index in [1.807, 2.05) is 0 Å². The summed E-state index contributed by atoms with van der Waals surface area (Å²) in [6, 6.07) is 0. The van der Waals surface area contributed by atoms with Crippen LogP contribution < -0.4 is 5.32 Å². The van der Waals surface area contributed by atoms with Crippen molar-refractivity contribution < 1.29 is 14.4 Å². The van der Waals surface area contributed by atoms with Gasteiger partial charge in [0.05, 0.1) is 0 Å². The van der Waals surface area contributed by atoms with E-state index in [0.29, 0.717) is 0 Å². The van der Waals surface area contributed by atoms with Crippen LogP contribution in [-0.2, 0) is 14.4 Å². The van der Waals surface area contributed by atoms with Gasteiger partial charge in [-0.25, -0.2) is 20.4 Å². The van der Waals surface area contributed by atoms with Crippen LogP contribution in [-0.4, -0.2) is 24.6 Å². The molecule has 6 nitrogen and oxygen atoms in total. The van der Waals surface area contributed by atoms with Gasteiger partial charge in [0.1, 0.15) is 0 Å². The first kappa shape index (κ1) is 23.3. The van der Waals surface area contributed by atoms with E-state index in [-0.39, 0.29) is 5.91 Å². The average molecular weight is 285 g/mol. The summed E-state index contributed by atoms with van der Waals surface area (Å²) in [7, 11) is 0. The highest BCUT2D eigenvalue weighted by molar-refractivity contribution is 5.75. The molecular formula is C14H27N3O3. The number of nitrogens with one attached hydrogen (secondary N) is 3. The lowest BCUT2D eigenvalue weighted by Crippen LogP contribution is -2.21. The molecule has 0 aliphatic carbocycles. The molecule has 1 amide bonds. The second-order valence-electron chi connectivity index (χ2n) is 4.07. The van der Waals surface area contributed by atoms with E-state index in [4.69, 9.17) is 20.4 Å². The van der Waals surface area contributed by atoms with Crippen LogP contribution in [0.5, 0.6) is 0 Å². The second-order valence-corrected chi connectivity index (χ2v) is 4.07. The molecule has 6 heteroatoms. The molecule has 0 atom stereocenters. The summed E-state index contributed by atoms with van der Waals surface area (Å²) in [5, 5.41) is 13.6. The third-order valence-corrected chi connectivity index (χ3v) is 2.36. The molecule has 0 aromatic heterocycles. The summed E-state index contributed by atoms with van der Waals surface area (Å²) in [6.45, 7) is 5.35. The maximum atomic E-state index is 10.6. The van der Waals surface area contributed by atoms with Gasteiger partial charge >= 0.3 is 0 Å². The highest BCUT2D eigenvalue weighted by Crippen LogP contribution is 2.02. The molecule has 0 saturated carbocycles. The molecule has 1 saturated heterocycles. The summed E-state index contributed by atoms with van der Waals surface area (Å²) in [6.07, 6.45) is 11.2. The molecule has 116 valence electrons. The number of isocyanates is 2. The van der Waals surface area contributed by atoms with Gasteiger partial charge in [-0.3, -0.25) is 4.79 Å². The largest absolute Gasteiger partial charge is 0.356 e. The second kappa shape index (κ2) is 25.9. The molecule has 1 aliphatic heterocycles. The summed E-state index contributed by atoms with van der Waals surface area (Å²) < 4.78 is 0. The lowest BCUT2D eigenvalue weighted by Gasteiger charge is -1.93. The van der Waals surface area contributed by atoms with Crippen LogP contribution in [0, 0.1) is 10.8 Å². The van der Waals surface area contributed by atoms with Crippen molar-refractivity contribution in [3.63, 3.8) is 0 Å². The molecule has 0 bridgehead atoms. The smallest absolute Gasteiger partial charge is 0.231 e. The molecule has 0 radical (unpaired) electrons. The Morgan fingerprint density at radius 3 is 1.85 bits per heavy atom. The van der Waals surface area contributed by atoms with E-state index in [9.17, 15) is 4.79 Å². The Bertz CT molecular complexity index is 243. The molecule has 1 fully saturated rings. The van der Waals surface area contributed by atoms with Crippen molar-refractivity contribution in [3.05, 3.63) is 0 Å². The van der Waals surface area contributed by atoms with Gasteiger partial charge in [-0.05, 0) is 12.8 Å². The summed E-state index contributed by atoms with van der Waals surface area (Å²) in [5.41, 5.74) is 0. The van der Waals surface area contributed by atoms with Crippen molar-refractivity contribution in [2.24, 2.45) is 0 Å². The number of amides is 1. The maximum Gasteiger partial charge on any atom is 0.231 e. The molecule has 20 heavy (non-hydrogen) atoms. The Kier molecular flexibility index (Phi) is 30.3. The maximum absolute atomic E-state index is 10.6. The predicted octanol–water partition coefficient (Wildman–Crippen LogP) is 3.07. The molecule has 1 aliphatic rings. The SMILES string of the molecule is CCCCCC.N=C=O.N=C=O.O=C1CCCCCN1. The van der Waals surface area contributed by atoms with Crippen LogP contribution in [0.4, 0.5) is 0 Å². The number of unbranched alkanes of at least 4 members (excludes halogenated alkanes) is 3. The van der Waals surface area contributed by atoms with Gasteiger partial charge in [-0.15, -0.1) is 0 Å². The van der Waals surface area contributed by atoms with E-state index in [1.54, 1.807) is 0 Å². The highest BCUT2D eigenvalue weighted by Gasteiger charge is 2.03. The molecule has 1 rings (SSSR count). The Hall–Kier alpha value is -1.77. The lowest BCUT2D eigenvalue weighted by atomic mass is 10.2. The van der Waals surface area contributed by atoms with Gasteiger partial charge in [0.2, 0.25) is 18.1 Å². The molecule has 0 aromatic rings. The van der Waals surface area contributed by atoms with Crippen LogP contribution in [0.15, 0.2) is 0 Å². The van der Waals surface area contributed by atoms with E-state index in [0.717, 1.165) is 38.0 Å². The van der Waals surface area contributed by atoms with E-state index < -0.39 is 0 Å².